The van der Waals surface area contributed by atoms with Crippen molar-refractivity contribution in [1.82, 2.24) is 20.4 Å². The summed E-state index contributed by atoms with van der Waals surface area (Å²) in [7, 11) is 0. The minimum atomic E-state index is -0.404. The summed E-state index contributed by atoms with van der Waals surface area (Å²) in [6.07, 6.45) is 2.13. The van der Waals surface area contributed by atoms with Crippen LogP contribution in [0.5, 0.6) is 0 Å². The molecule has 1 aliphatic rings. The van der Waals surface area contributed by atoms with Crippen molar-refractivity contribution in [2.75, 3.05) is 13.1 Å². The molecule has 140 valence electrons. The van der Waals surface area contributed by atoms with E-state index in [2.05, 4.69) is 22.4 Å². The number of nitrogens with one attached hydrogen (secondary N) is 1. The second-order valence-electron chi connectivity index (χ2n) is 7.43. The number of piperidine rings is 1. The lowest BCUT2D eigenvalue weighted by molar-refractivity contribution is -0.135. The van der Waals surface area contributed by atoms with Crippen LogP contribution in [0.25, 0.3) is 0 Å². The van der Waals surface area contributed by atoms with Crippen LogP contribution in [-0.4, -0.2) is 34.0 Å². The maximum absolute atomic E-state index is 13.1. The standard InChI is InChI=1S/C20H28N4O2/c1-14(2)19-22-17(26-23-19)13-21-18(16-7-5-4-6-8-16)20(25)24-11-9-15(3)10-12-24/h4-8,14-15,18,21H,9-13H2,1-3H3. The van der Waals surface area contributed by atoms with Crippen LogP contribution in [0.2, 0.25) is 0 Å². The van der Waals surface area contributed by atoms with Gasteiger partial charge in [0.25, 0.3) is 0 Å². The molecule has 6 nitrogen and oxygen atoms in total. The number of likely N-dealkylation sites (tertiary alicyclic amines) is 1. The number of hydrogen-bond donors (Lipinski definition) is 1. The zero-order valence-electron chi connectivity index (χ0n) is 15.8. The maximum atomic E-state index is 13.1. The first-order chi connectivity index (χ1) is 12.5. The van der Waals surface area contributed by atoms with Crippen LogP contribution < -0.4 is 5.32 Å². The third-order valence-electron chi connectivity index (χ3n) is 4.93. The Morgan fingerprint density at radius 2 is 1.96 bits per heavy atom. The number of hydrogen-bond acceptors (Lipinski definition) is 5. The topological polar surface area (TPSA) is 71.3 Å². The van der Waals surface area contributed by atoms with Crippen molar-refractivity contribution in [1.29, 1.82) is 0 Å². The third-order valence-corrected chi connectivity index (χ3v) is 4.93. The molecule has 1 aromatic carbocycles. The zero-order valence-corrected chi connectivity index (χ0v) is 15.8. The fourth-order valence-corrected chi connectivity index (χ4v) is 3.17. The van der Waals surface area contributed by atoms with Crippen LogP contribution in [0.3, 0.4) is 0 Å². The quantitative estimate of drug-likeness (QED) is 0.860. The van der Waals surface area contributed by atoms with Gasteiger partial charge in [-0.15, -0.1) is 0 Å². The molecule has 1 aromatic heterocycles. The number of aromatic nitrogens is 2. The largest absolute Gasteiger partial charge is 0.341 e. The van der Waals surface area contributed by atoms with Gasteiger partial charge >= 0.3 is 0 Å². The van der Waals surface area contributed by atoms with Crippen molar-refractivity contribution in [3.8, 4) is 0 Å². The molecule has 1 aliphatic heterocycles. The van der Waals surface area contributed by atoms with Crippen LogP contribution in [0, 0.1) is 5.92 Å². The van der Waals surface area contributed by atoms with Gasteiger partial charge in [-0.05, 0) is 24.3 Å². The number of rotatable bonds is 6. The Labute approximate surface area is 155 Å². The molecule has 26 heavy (non-hydrogen) atoms. The highest BCUT2D eigenvalue weighted by Crippen LogP contribution is 2.22. The van der Waals surface area contributed by atoms with E-state index in [0.717, 1.165) is 31.5 Å². The van der Waals surface area contributed by atoms with Gasteiger partial charge in [0.05, 0.1) is 6.54 Å². The predicted octanol–water partition coefficient (Wildman–Crippen LogP) is 3.28. The van der Waals surface area contributed by atoms with Gasteiger partial charge in [-0.3, -0.25) is 10.1 Å². The molecule has 0 aliphatic carbocycles. The molecule has 1 atom stereocenters. The van der Waals surface area contributed by atoms with E-state index in [-0.39, 0.29) is 11.8 Å². The van der Waals surface area contributed by atoms with Crippen molar-refractivity contribution in [2.45, 2.75) is 52.1 Å². The summed E-state index contributed by atoms with van der Waals surface area (Å²) >= 11 is 0. The third kappa shape index (κ3) is 4.49. The first-order valence-corrected chi connectivity index (χ1v) is 9.44. The van der Waals surface area contributed by atoms with Gasteiger partial charge in [-0.2, -0.15) is 4.98 Å². The Balaban J connectivity index is 1.72. The van der Waals surface area contributed by atoms with Gasteiger partial charge in [0, 0.05) is 19.0 Å². The monoisotopic (exact) mass is 356 g/mol. The molecule has 1 saturated heterocycles. The van der Waals surface area contributed by atoms with Crippen LogP contribution in [-0.2, 0) is 11.3 Å². The van der Waals surface area contributed by atoms with Gasteiger partial charge < -0.3 is 9.42 Å². The lowest BCUT2D eigenvalue weighted by Crippen LogP contribution is -2.44. The number of amides is 1. The Morgan fingerprint density at radius 3 is 2.58 bits per heavy atom. The average molecular weight is 356 g/mol. The molecule has 0 saturated carbocycles. The molecule has 6 heteroatoms. The summed E-state index contributed by atoms with van der Waals surface area (Å²) in [6.45, 7) is 8.31. The SMILES string of the molecule is CC1CCN(C(=O)C(NCc2nc(C(C)C)no2)c2ccccc2)CC1. The Hall–Kier alpha value is -2.21. The Bertz CT molecular complexity index is 706. The van der Waals surface area contributed by atoms with Crippen molar-refractivity contribution in [3.05, 3.63) is 47.6 Å². The number of nitrogens with zero attached hydrogens (tertiary/aromatic N) is 3. The molecule has 1 N–H and O–H groups in total. The molecule has 3 rings (SSSR count). The van der Waals surface area contributed by atoms with Gasteiger partial charge in [0.2, 0.25) is 11.8 Å². The normalized spacial score (nSPS) is 16.8. The van der Waals surface area contributed by atoms with Gasteiger partial charge in [-0.25, -0.2) is 0 Å². The molecule has 2 aromatic rings. The van der Waals surface area contributed by atoms with Crippen LogP contribution >= 0.6 is 0 Å². The minimum absolute atomic E-state index is 0.117. The van der Waals surface area contributed by atoms with E-state index in [1.165, 1.54) is 0 Å². The highest BCUT2D eigenvalue weighted by molar-refractivity contribution is 5.83. The molecular formula is C20H28N4O2. The van der Waals surface area contributed by atoms with Crippen LogP contribution in [0.1, 0.15) is 62.9 Å². The lowest BCUT2D eigenvalue weighted by Gasteiger charge is -2.33. The number of carbonyl (C=O) groups excluding carboxylic acids is 1. The highest BCUT2D eigenvalue weighted by Gasteiger charge is 2.28. The predicted molar refractivity (Wildman–Crippen MR) is 99.4 cm³/mol. The lowest BCUT2D eigenvalue weighted by atomic mass is 9.97. The fourth-order valence-electron chi connectivity index (χ4n) is 3.17. The van der Waals surface area contributed by atoms with Crippen molar-refractivity contribution in [2.24, 2.45) is 5.92 Å². The summed E-state index contributed by atoms with van der Waals surface area (Å²) < 4.78 is 5.30. The van der Waals surface area contributed by atoms with Gasteiger partial charge in [0.15, 0.2) is 5.82 Å². The Kier molecular flexibility index (Phi) is 6.04. The average Bonchev–Trinajstić information content (AvgIpc) is 3.12. The first-order valence-electron chi connectivity index (χ1n) is 9.44. The second-order valence-corrected chi connectivity index (χ2v) is 7.43. The van der Waals surface area contributed by atoms with Crippen LogP contribution in [0.4, 0.5) is 0 Å². The smallest absolute Gasteiger partial charge is 0.244 e. The summed E-state index contributed by atoms with van der Waals surface area (Å²) in [4.78, 5) is 19.5. The summed E-state index contributed by atoms with van der Waals surface area (Å²) in [6, 6.07) is 9.43. The van der Waals surface area contributed by atoms with Crippen LogP contribution in [0.15, 0.2) is 34.9 Å². The molecule has 1 fully saturated rings. The highest BCUT2D eigenvalue weighted by atomic mass is 16.5. The van der Waals surface area contributed by atoms with E-state index in [1.807, 2.05) is 49.1 Å². The van der Waals surface area contributed by atoms with Crippen molar-refractivity contribution >= 4 is 5.91 Å². The molecule has 1 unspecified atom stereocenters. The minimum Gasteiger partial charge on any atom is -0.341 e. The maximum Gasteiger partial charge on any atom is 0.244 e. The molecule has 0 bridgehead atoms. The van der Waals surface area contributed by atoms with Crippen molar-refractivity contribution in [3.63, 3.8) is 0 Å². The second kappa shape index (κ2) is 8.45. The molecule has 1 amide bonds. The van der Waals surface area contributed by atoms with E-state index in [1.54, 1.807) is 0 Å². The summed E-state index contributed by atoms with van der Waals surface area (Å²) in [5, 5.41) is 7.31. The van der Waals surface area contributed by atoms with E-state index < -0.39 is 6.04 Å². The summed E-state index contributed by atoms with van der Waals surface area (Å²) in [5.41, 5.74) is 0.958. The fraction of sp³-hybridized carbons (Fsp3) is 0.550. The van der Waals surface area contributed by atoms with E-state index in [9.17, 15) is 4.79 Å². The van der Waals surface area contributed by atoms with E-state index in [4.69, 9.17) is 4.52 Å². The molecular weight excluding hydrogens is 328 g/mol. The van der Waals surface area contributed by atoms with E-state index in [0.29, 0.717) is 24.2 Å². The summed E-state index contributed by atoms with van der Waals surface area (Å²) in [5.74, 6) is 2.22. The Morgan fingerprint density at radius 1 is 1.27 bits per heavy atom. The van der Waals surface area contributed by atoms with Crippen molar-refractivity contribution < 1.29 is 9.32 Å². The van der Waals surface area contributed by atoms with Gasteiger partial charge in [0.1, 0.15) is 6.04 Å². The first kappa shape index (κ1) is 18.6. The molecule has 2 heterocycles. The van der Waals surface area contributed by atoms with E-state index >= 15 is 0 Å². The molecule has 0 spiro atoms. The number of benzene rings is 1. The zero-order chi connectivity index (χ0) is 18.5. The number of carbonyl (C=O) groups is 1. The molecule has 0 radical (unpaired) electrons. The van der Waals surface area contributed by atoms with Gasteiger partial charge in [-0.1, -0.05) is 56.3 Å².